The molecule has 114 valence electrons. The predicted octanol–water partition coefficient (Wildman–Crippen LogP) is 1.96. The van der Waals surface area contributed by atoms with Gasteiger partial charge in [-0.2, -0.15) is 5.10 Å². The Morgan fingerprint density at radius 2 is 2.19 bits per heavy atom. The molecule has 0 radical (unpaired) electrons. The van der Waals surface area contributed by atoms with Crippen LogP contribution in [0.4, 0.5) is 5.69 Å². The molecule has 0 spiro atoms. The maximum absolute atomic E-state index is 11.7. The first-order chi connectivity index (χ1) is 9.72. The van der Waals surface area contributed by atoms with Crippen LogP contribution in [-0.4, -0.2) is 21.4 Å². The van der Waals surface area contributed by atoms with E-state index < -0.39 is 11.2 Å². The van der Waals surface area contributed by atoms with Gasteiger partial charge in [-0.25, -0.2) is 4.68 Å². The van der Waals surface area contributed by atoms with Crippen LogP contribution >= 0.6 is 11.6 Å². The first-order valence-corrected chi connectivity index (χ1v) is 6.86. The van der Waals surface area contributed by atoms with E-state index in [1.165, 1.54) is 13.2 Å². The van der Waals surface area contributed by atoms with Crippen molar-refractivity contribution in [3.05, 3.63) is 44.7 Å². The van der Waals surface area contributed by atoms with E-state index >= 15 is 0 Å². The van der Waals surface area contributed by atoms with Crippen molar-refractivity contribution >= 4 is 17.3 Å². The number of aliphatic hydroxyl groups is 1. The first-order valence-electron chi connectivity index (χ1n) is 6.48. The second-order valence-electron chi connectivity index (χ2n) is 5.26. The van der Waals surface area contributed by atoms with Crippen LogP contribution < -0.4 is 10.9 Å². The van der Waals surface area contributed by atoms with Crippen molar-refractivity contribution < 1.29 is 9.52 Å². The summed E-state index contributed by atoms with van der Waals surface area (Å²) >= 11 is 5.97. The molecule has 2 aromatic heterocycles. The van der Waals surface area contributed by atoms with E-state index in [2.05, 4.69) is 10.4 Å². The molecule has 0 saturated carbocycles. The third-order valence-electron chi connectivity index (χ3n) is 3.32. The molecule has 21 heavy (non-hydrogen) atoms. The summed E-state index contributed by atoms with van der Waals surface area (Å²) in [6.45, 7) is 5.45. The highest BCUT2D eigenvalue weighted by atomic mass is 35.5. The molecule has 0 aromatic carbocycles. The summed E-state index contributed by atoms with van der Waals surface area (Å²) in [7, 11) is 1.52. The number of hydrogen-bond donors (Lipinski definition) is 2. The Kier molecular flexibility index (Phi) is 4.11. The van der Waals surface area contributed by atoms with Gasteiger partial charge in [0.2, 0.25) is 0 Å². The molecule has 2 aromatic rings. The van der Waals surface area contributed by atoms with Crippen LogP contribution in [-0.2, 0) is 12.6 Å². The van der Waals surface area contributed by atoms with Gasteiger partial charge in [-0.15, -0.1) is 0 Å². The lowest BCUT2D eigenvalue weighted by atomic mass is 9.96. The van der Waals surface area contributed by atoms with Gasteiger partial charge in [0.25, 0.3) is 5.56 Å². The molecule has 2 rings (SSSR count). The molecule has 0 amide bonds. The van der Waals surface area contributed by atoms with Gasteiger partial charge in [-0.1, -0.05) is 11.6 Å². The fourth-order valence-electron chi connectivity index (χ4n) is 2.16. The Labute approximate surface area is 127 Å². The molecular weight excluding hydrogens is 294 g/mol. The summed E-state index contributed by atoms with van der Waals surface area (Å²) in [5.74, 6) is 1.39. The van der Waals surface area contributed by atoms with Crippen molar-refractivity contribution in [2.45, 2.75) is 26.4 Å². The minimum absolute atomic E-state index is 0.0448. The molecule has 0 aliphatic rings. The number of halogens is 1. The third-order valence-corrected chi connectivity index (χ3v) is 3.69. The van der Waals surface area contributed by atoms with Crippen LogP contribution in [0.2, 0.25) is 5.02 Å². The highest BCUT2D eigenvalue weighted by Gasteiger charge is 2.27. The lowest BCUT2D eigenvalue weighted by Crippen LogP contribution is -2.32. The molecule has 0 unspecified atom stereocenters. The van der Waals surface area contributed by atoms with Crippen LogP contribution in [0.25, 0.3) is 0 Å². The molecule has 0 aliphatic heterocycles. The van der Waals surface area contributed by atoms with E-state index in [4.69, 9.17) is 16.0 Å². The van der Waals surface area contributed by atoms with Gasteiger partial charge in [-0.3, -0.25) is 4.79 Å². The van der Waals surface area contributed by atoms with Gasteiger partial charge < -0.3 is 14.8 Å². The fourth-order valence-corrected chi connectivity index (χ4v) is 2.40. The highest BCUT2D eigenvalue weighted by molar-refractivity contribution is 6.32. The molecule has 0 aliphatic carbocycles. The van der Waals surface area contributed by atoms with Crippen molar-refractivity contribution in [3.8, 4) is 0 Å². The second kappa shape index (κ2) is 5.54. The molecule has 1 atom stereocenters. The van der Waals surface area contributed by atoms with Gasteiger partial charge in [0.1, 0.15) is 22.1 Å². The molecule has 2 N–H and O–H groups in total. The Balaban J connectivity index is 2.21. The predicted molar refractivity (Wildman–Crippen MR) is 80.7 cm³/mol. The summed E-state index contributed by atoms with van der Waals surface area (Å²) in [4.78, 5) is 11.7. The average molecular weight is 312 g/mol. The Morgan fingerprint density at radius 3 is 2.76 bits per heavy atom. The van der Waals surface area contributed by atoms with Gasteiger partial charge in [0.05, 0.1) is 11.9 Å². The van der Waals surface area contributed by atoms with Gasteiger partial charge in [0, 0.05) is 19.2 Å². The van der Waals surface area contributed by atoms with Gasteiger partial charge in [0.15, 0.2) is 0 Å². The average Bonchev–Trinajstić information content (AvgIpc) is 2.75. The molecule has 0 fully saturated rings. The number of aryl methyl sites for hydroxylation is 3. The summed E-state index contributed by atoms with van der Waals surface area (Å²) in [5.41, 5.74) is -0.471. The minimum atomic E-state index is -1.16. The van der Waals surface area contributed by atoms with Crippen LogP contribution in [0.5, 0.6) is 0 Å². The number of hydrogen-bond acceptors (Lipinski definition) is 5. The van der Waals surface area contributed by atoms with E-state index in [0.717, 1.165) is 10.4 Å². The zero-order valence-electron chi connectivity index (χ0n) is 12.4. The lowest BCUT2D eigenvalue weighted by Gasteiger charge is -2.24. The number of rotatable bonds is 4. The van der Waals surface area contributed by atoms with Gasteiger partial charge >= 0.3 is 0 Å². The topological polar surface area (TPSA) is 80.3 Å². The molecule has 0 saturated heterocycles. The zero-order valence-corrected chi connectivity index (χ0v) is 13.2. The van der Waals surface area contributed by atoms with E-state index in [9.17, 15) is 9.90 Å². The number of nitrogens with one attached hydrogen (secondary N) is 1. The maximum Gasteiger partial charge on any atom is 0.287 e. The largest absolute Gasteiger partial charge is 0.466 e. The summed E-state index contributed by atoms with van der Waals surface area (Å²) in [6, 6.07) is 1.79. The lowest BCUT2D eigenvalue weighted by molar-refractivity contribution is 0.0699. The summed E-state index contributed by atoms with van der Waals surface area (Å²) < 4.78 is 6.58. The van der Waals surface area contributed by atoms with Crippen molar-refractivity contribution in [3.63, 3.8) is 0 Å². The van der Waals surface area contributed by atoms with Crippen molar-refractivity contribution in [2.24, 2.45) is 7.05 Å². The maximum atomic E-state index is 11.7. The Bertz CT molecular complexity index is 719. The van der Waals surface area contributed by atoms with Crippen molar-refractivity contribution in [1.82, 2.24) is 9.78 Å². The summed E-state index contributed by atoms with van der Waals surface area (Å²) in [5, 5.41) is 17.5. The number of nitrogens with zero attached hydrogens (tertiary/aromatic N) is 2. The fraction of sp³-hybridized carbons (Fsp3) is 0.429. The van der Waals surface area contributed by atoms with Gasteiger partial charge in [-0.05, 0) is 26.8 Å². The van der Waals surface area contributed by atoms with Crippen LogP contribution in [0, 0.1) is 13.8 Å². The normalized spacial score (nSPS) is 14.0. The van der Waals surface area contributed by atoms with E-state index in [1.54, 1.807) is 19.9 Å². The van der Waals surface area contributed by atoms with Crippen LogP contribution in [0.15, 0.2) is 21.5 Å². The third kappa shape index (κ3) is 3.11. The number of anilines is 1. The van der Waals surface area contributed by atoms with Crippen molar-refractivity contribution in [1.29, 1.82) is 0 Å². The van der Waals surface area contributed by atoms with Crippen molar-refractivity contribution in [2.75, 3.05) is 11.9 Å². The summed E-state index contributed by atoms with van der Waals surface area (Å²) in [6.07, 6.45) is 1.45. The minimum Gasteiger partial charge on any atom is -0.466 e. The Morgan fingerprint density at radius 1 is 1.52 bits per heavy atom. The molecule has 6 nitrogen and oxygen atoms in total. The van der Waals surface area contributed by atoms with E-state index in [0.29, 0.717) is 17.0 Å². The zero-order chi connectivity index (χ0) is 15.8. The quantitative estimate of drug-likeness (QED) is 0.902. The van der Waals surface area contributed by atoms with E-state index in [-0.39, 0.29) is 11.6 Å². The van der Waals surface area contributed by atoms with Crippen LogP contribution in [0.1, 0.15) is 24.0 Å². The molecule has 7 heteroatoms. The Hall–Kier alpha value is -1.79. The van der Waals surface area contributed by atoms with E-state index in [1.807, 2.05) is 6.92 Å². The number of furan rings is 1. The molecule has 2 heterocycles. The smallest absolute Gasteiger partial charge is 0.287 e. The number of aromatic nitrogens is 2. The molecular formula is C14H18ClN3O3. The SMILES string of the molecule is Cc1cc([C@](C)(O)CNc2cnn(C)c(=O)c2Cl)c(C)o1. The van der Waals surface area contributed by atoms with Crippen LogP contribution in [0.3, 0.4) is 0 Å². The second-order valence-corrected chi connectivity index (χ2v) is 5.63. The standard InChI is InChI=1S/C14H18ClN3O3/c1-8-5-10(9(2)21-8)14(3,20)7-16-11-6-17-18(4)13(19)12(11)15/h5-6,16,20H,7H2,1-4H3/t14-/m1/s1. The highest BCUT2D eigenvalue weighted by Crippen LogP contribution is 2.28. The molecule has 0 bridgehead atoms. The monoisotopic (exact) mass is 311 g/mol. The first kappa shape index (κ1) is 15.6.